The number of aliphatic hydroxyl groups excluding tert-OH is 2. The second kappa shape index (κ2) is 69.7. The standard InChI is InChI=1S/C84H144N30O27/c1-4-5-18-65(118)93-24-28-135-31-33-138-36-38-140-48-68(121)97-44-67(120)102-56(15-10-22-95-83(88)89)77(129)106-58(16-11-23-96-84(90)91)76(128)101-51(2)73(125)110-71(52(3)116)82(134)109-62(47-115)75(127)98-43-66(119)94-25-29-136-30-32-137-34-35-139-37-39-141-49-69(122)103-61-41-54-46-113(112-111-54)26-9-7-13-55(72(87)124)104-81(133)63-17-12-27-114(63)70(123)45-99-74(126)60(40-53-42-92-50-100-53)108-78(130)57(14-6-8-21-85)105-79(131)59(107-80(61)132)19-20-64(86)117/h42,46,50-52,55-63,71,115-116H,4-41,43-45,47-49,85H2,1-3H3,(H2,86,117)(H2,87,124)(H,92,100)(H,93,118)(H,94,119)(H,97,121)(H,98,127)(H,99,126)(H,101,128)(H,102,120)(H,103,122)(H,104,133)(H,105,131)(H,106,129)(H,107,132)(H,108,130)(H,109,134)(H,110,125)(H4,88,89,95)(H4,90,91,96)/t51-,52?,55-,56-,57-,58-,59-,60-,61-,62-,63-,71?/m0/s1. The quantitative estimate of drug-likeness (QED) is 0.0166. The van der Waals surface area contributed by atoms with Gasteiger partial charge in [0.05, 0.1) is 129 Å². The van der Waals surface area contributed by atoms with E-state index in [1.54, 1.807) is 0 Å². The predicted octanol–water partition coefficient (Wildman–Crippen LogP) is -12.5. The van der Waals surface area contributed by atoms with E-state index >= 15 is 0 Å². The SMILES string of the molecule is CCCCC(=O)NCCOCCOCCOCC(=O)NCC(=O)N[C@@H](CCCNC(=N)N)C(=O)N[C@@H](CCCNC(=N)N)C(=O)N[C@@H](C)C(=O)NC(C(=O)N[C@@H](CO)C(=O)NCC(=O)NCCOCCOCCOCCOCC(=O)N[C@H]1Cc2cn(nn2)CCCC[C@@H](C(N)=O)NC(=O)[C@@H]2CCCN2C(=O)CNC(=O)[C@H](Cc2c[nH]cn2)NC(=O)[C@H](CCCCN)NC(=O)[C@H](CCC(N)=O)NC1=O)C(C)O. The molecule has 0 radical (unpaired) electrons. The van der Waals surface area contributed by atoms with Gasteiger partial charge in [-0.25, -0.2) is 4.98 Å². The maximum absolute atomic E-state index is 14.5. The van der Waals surface area contributed by atoms with Crippen molar-refractivity contribution in [2.45, 2.75) is 222 Å². The van der Waals surface area contributed by atoms with Gasteiger partial charge < -0.3 is 172 Å². The first-order chi connectivity index (χ1) is 67.5. The first-order valence-electron chi connectivity index (χ1n) is 46.8. The number of ether oxygens (including phenoxy) is 7. The Morgan fingerprint density at radius 2 is 1.10 bits per heavy atom. The van der Waals surface area contributed by atoms with Crippen LogP contribution in [0.4, 0.5) is 0 Å². The molecule has 0 aromatic carbocycles. The molecule has 1 fully saturated rings. The van der Waals surface area contributed by atoms with E-state index < -0.39 is 225 Å². The number of carbonyl (C=O) groups excluding carboxylic acids is 18. The van der Waals surface area contributed by atoms with Crippen molar-refractivity contribution < 1.29 is 130 Å². The minimum atomic E-state index is -1.82. The van der Waals surface area contributed by atoms with Crippen molar-refractivity contribution in [2.75, 3.05) is 158 Å². The summed E-state index contributed by atoms with van der Waals surface area (Å²) in [7, 11) is 0. The summed E-state index contributed by atoms with van der Waals surface area (Å²) in [5.41, 5.74) is 28.4. The minimum Gasteiger partial charge on any atom is -0.394 e. The highest BCUT2D eigenvalue weighted by Crippen LogP contribution is 2.19. The van der Waals surface area contributed by atoms with E-state index in [-0.39, 0.29) is 200 Å². The Labute approximate surface area is 814 Å². The van der Waals surface area contributed by atoms with Crippen LogP contribution in [0.2, 0.25) is 0 Å². The number of amides is 18. The lowest BCUT2D eigenvalue weighted by Gasteiger charge is -2.27. The molecule has 2 bridgehead atoms. The number of hydrogen-bond acceptors (Lipinski definition) is 33. The van der Waals surface area contributed by atoms with E-state index in [9.17, 15) is 96.5 Å². The van der Waals surface area contributed by atoms with Crippen LogP contribution in [-0.2, 0) is 139 Å². The Bertz CT molecular complexity index is 4290. The third kappa shape index (κ3) is 51.6. The summed E-state index contributed by atoms with van der Waals surface area (Å²) in [4.78, 5) is 250. The van der Waals surface area contributed by atoms with Gasteiger partial charge in [0.15, 0.2) is 11.9 Å². The number of rotatable bonds is 63. The number of nitrogens with one attached hydrogen (secondary N) is 20. The number of hydrogen-bond donors (Lipinski definition) is 27. The Kier molecular flexibility index (Phi) is 59.5. The van der Waals surface area contributed by atoms with Gasteiger partial charge in [-0.3, -0.25) is 102 Å². The Hall–Kier alpha value is -13.0. The number of carbonyl (C=O) groups is 18. The lowest BCUT2D eigenvalue weighted by atomic mass is 10.0. The Balaban J connectivity index is 1.23. The topological polar surface area (TPSA) is 857 Å². The highest BCUT2D eigenvalue weighted by atomic mass is 16.6. The third-order valence-electron chi connectivity index (χ3n) is 21.2. The van der Waals surface area contributed by atoms with E-state index in [4.69, 9.17) is 72.6 Å². The molecule has 12 atom stereocenters. The maximum Gasteiger partial charge on any atom is 0.246 e. The van der Waals surface area contributed by atoms with Crippen molar-refractivity contribution in [1.82, 2.24) is 120 Å². The predicted molar refractivity (Wildman–Crippen MR) is 497 cm³/mol. The molecule has 18 amide bonds. The van der Waals surface area contributed by atoms with Crippen molar-refractivity contribution in [2.24, 2.45) is 28.7 Å². The van der Waals surface area contributed by atoms with Gasteiger partial charge in [0.2, 0.25) is 106 Å². The van der Waals surface area contributed by atoms with Crippen LogP contribution in [0.15, 0.2) is 18.7 Å². The second-order valence-electron chi connectivity index (χ2n) is 32.8. The first kappa shape index (κ1) is 120. The molecule has 0 spiro atoms. The number of aryl methyl sites for hydroxylation is 1. The summed E-state index contributed by atoms with van der Waals surface area (Å²) >= 11 is 0. The molecule has 2 aromatic heterocycles. The lowest BCUT2D eigenvalue weighted by Crippen LogP contribution is -2.61. The first-order valence-corrected chi connectivity index (χ1v) is 46.8. The fourth-order valence-corrected chi connectivity index (χ4v) is 13.6. The molecule has 4 rings (SSSR count). The van der Waals surface area contributed by atoms with Gasteiger partial charge >= 0.3 is 0 Å². The van der Waals surface area contributed by atoms with Gasteiger partial charge in [-0.2, -0.15) is 0 Å². The summed E-state index contributed by atoms with van der Waals surface area (Å²) in [6.07, 6.45) is 5.59. The number of imidazole rings is 1. The molecule has 32 N–H and O–H groups in total. The smallest absolute Gasteiger partial charge is 0.246 e. The monoisotopic (exact) mass is 2010 g/mol. The number of aromatic amines is 1. The molecule has 141 heavy (non-hydrogen) atoms. The van der Waals surface area contributed by atoms with Crippen LogP contribution in [0.25, 0.3) is 0 Å². The molecule has 57 nitrogen and oxygen atoms in total. The van der Waals surface area contributed by atoms with E-state index in [0.717, 1.165) is 19.8 Å². The number of primary amides is 2. The molecule has 0 aliphatic carbocycles. The van der Waals surface area contributed by atoms with Gasteiger partial charge in [0.25, 0.3) is 0 Å². The van der Waals surface area contributed by atoms with Crippen molar-refractivity contribution in [3.8, 4) is 0 Å². The molecule has 792 valence electrons. The molecule has 4 heterocycles. The van der Waals surface area contributed by atoms with Crippen molar-refractivity contribution >= 4 is 118 Å². The van der Waals surface area contributed by atoms with Gasteiger partial charge in [0.1, 0.15) is 79.7 Å². The zero-order valence-corrected chi connectivity index (χ0v) is 80.0. The maximum atomic E-state index is 14.5. The molecule has 2 aromatic rings. The average Bonchev–Trinajstić information content (AvgIpc) is 1.69. The molecular weight excluding hydrogens is 1860 g/mol. The van der Waals surface area contributed by atoms with E-state index in [2.05, 4.69) is 111 Å². The summed E-state index contributed by atoms with van der Waals surface area (Å²) in [5.74, 6) is -15.5. The molecular formula is C84H144N30O27. The molecule has 57 heteroatoms. The van der Waals surface area contributed by atoms with Crippen LogP contribution in [0, 0.1) is 10.8 Å². The van der Waals surface area contributed by atoms with E-state index in [1.165, 1.54) is 35.2 Å². The number of nitrogens with two attached hydrogens (primary N) is 5. The van der Waals surface area contributed by atoms with Crippen LogP contribution < -0.4 is 119 Å². The van der Waals surface area contributed by atoms with Crippen molar-refractivity contribution in [3.63, 3.8) is 0 Å². The number of nitrogens with zero attached hydrogens (tertiary/aromatic N) is 5. The molecule has 2 aliphatic rings. The van der Waals surface area contributed by atoms with Crippen molar-refractivity contribution in [3.05, 3.63) is 30.1 Å². The summed E-state index contributed by atoms with van der Waals surface area (Å²) in [5, 5.41) is 86.7. The molecule has 2 aliphatic heterocycles. The molecule has 1 saturated heterocycles. The fourth-order valence-electron chi connectivity index (χ4n) is 13.6. The summed E-state index contributed by atoms with van der Waals surface area (Å²) < 4.78 is 39.7. The highest BCUT2D eigenvalue weighted by Gasteiger charge is 2.39. The van der Waals surface area contributed by atoms with Gasteiger partial charge in [-0.15, -0.1) is 5.10 Å². The number of aromatic nitrogens is 5. The lowest BCUT2D eigenvalue weighted by molar-refractivity contribution is -0.140. The minimum absolute atomic E-state index is 0.0137. The average molecular weight is 2010 g/mol. The van der Waals surface area contributed by atoms with Gasteiger partial charge in [-0.1, -0.05) is 18.6 Å². The zero-order chi connectivity index (χ0) is 104. The number of guanidine groups is 2. The van der Waals surface area contributed by atoms with Crippen LogP contribution in [0.1, 0.15) is 141 Å². The molecule has 2 unspecified atom stereocenters. The Morgan fingerprint density at radius 1 is 0.532 bits per heavy atom. The molecule has 0 saturated carbocycles. The second-order valence-corrected chi connectivity index (χ2v) is 32.8. The van der Waals surface area contributed by atoms with E-state index in [0.29, 0.717) is 50.9 Å². The van der Waals surface area contributed by atoms with Gasteiger partial charge in [0, 0.05) is 77.3 Å². The third-order valence-corrected chi connectivity index (χ3v) is 21.2. The van der Waals surface area contributed by atoms with Crippen LogP contribution in [0.3, 0.4) is 0 Å². The summed E-state index contributed by atoms with van der Waals surface area (Å²) in [6, 6.07) is -15.9. The van der Waals surface area contributed by atoms with Crippen LogP contribution in [-0.4, -0.2) is 389 Å². The number of H-pyrrole nitrogens is 1. The van der Waals surface area contributed by atoms with Crippen LogP contribution in [0.5, 0.6) is 0 Å². The van der Waals surface area contributed by atoms with E-state index in [1.807, 2.05) is 6.92 Å². The van der Waals surface area contributed by atoms with Crippen molar-refractivity contribution in [1.29, 1.82) is 10.8 Å². The van der Waals surface area contributed by atoms with Crippen LogP contribution >= 0.6 is 0 Å². The Morgan fingerprint density at radius 3 is 1.68 bits per heavy atom. The summed E-state index contributed by atoms with van der Waals surface area (Å²) in [6.45, 7) is 2.46. The number of aliphatic hydroxyl groups is 2. The normalized spacial score (nSPS) is 18.1. The highest BCUT2D eigenvalue weighted by molar-refractivity contribution is 6.00. The fraction of sp³-hybridized carbons (Fsp3) is 0.702. The zero-order valence-electron chi connectivity index (χ0n) is 80.0. The largest absolute Gasteiger partial charge is 0.394 e. The van der Waals surface area contributed by atoms with Gasteiger partial charge in [-0.05, 0) is 110 Å². The number of fused-ring (bicyclic) bond motifs is 3. The number of unbranched alkanes of at least 4 members (excludes halogenated alkanes) is 2.